The molecule has 1 aromatic carbocycles. The summed E-state index contributed by atoms with van der Waals surface area (Å²) in [7, 11) is 0. The van der Waals surface area contributed by atoms with Gasteiger partial charge in [-0.2, -0.15) is 0 Å². The minimum Gasteiger partial charge on any atom is -0.371 e. The Morgan fingerprint density at radius 1 is 1.35 bits per heavy atom. The number of nitrogens with one attached hydrogen (secondary N) is 1. The Kier molecular flexibility index (Phi) is 4.02. The third-order valence-corrected chi connectivity index (χ3v) is 4.45. The van der Waals surface area contributed by atoms with E-state index in [1.165, 1.54) is 12.1 Å². The lowest BCUT2D eigenvalue weighted by atomic mass is 9.69. The summed E-state index contributed by atoms with van der Waals surface area (Å²) in [5, 5.41) is 3.24. The maximum Gasteiger partial charge on any atom is 0.243 e. The van der Waals surface area contributed by atoms with Gasteiger partial charge in [0.1, 0.15) is 11.4 Å². The second-order valence-corrected chi connectivity index (χ2v) is 6.27. The van der Waals surface area contributed by atoms with Crippen molar-refractivity contribution in [1.29, 1.82) is 0 Å². The van der Waals surface area contributed by atoms with Gasteiger partial charge in [-0.3, -0.25) is 4.79 Å². The van der Waals surface area contributed by atoms with Crippen molar-refractivity contribution in [2.45, 2.75) is 45.6 Å². The first-order valence-corrected chi connectivity index (χ1v) is 7.19. The molecule has 0 aliphatic heterocycles. The van der Waals surface area contributed by atoms with Crippen LogP contribution < -0.4 is 11.1 Å². The first-order valence-electron chi connectivity index (χ1n) is 7.19. The lowest BCUT2D eigenvalue weighted by Gasteiger charge is -2.44. The highest BCUT2D eigenvalue weighted by molar-refractivity contribution is 5.88. The van der Waals surface area contributed by atoms with E-state index in [0.29, 0.717) is 18.0 Å². The average Bonchev–Trinajstić information content (AvgIpc) is 2.32. The molecule has 110 valence electrons. The fourth-order valence-corrected chi connectivity index (χ4v) is 3.28. The number of hydrogen-bond donors (Lipinski definition) is 2. The molecule has 2 rings (SSSR count). The van der Waals surface area contributed by atoms with Gasteiger partial charge in [0.15, 0.2) is 0 Å². The third-order valence-electron chi connectivity index (χ3n) is 4.45. The van der Waals surface area contributed by atoms with E-state index < -0.39 is 5.54 Å². The highest BCUT2D eigenvalue weighted by Gasteiger charge is 2.45. The van der Waals surface area contributed by atoms with Crippen LogP contribution in [0.15, 0.2) is 18.2 Å². The van der Waals surface area contributed by atoms with Gasteiger partial charge in [0.25, 0.3) is 0 Å². The molecule has 3 N–H and O–H groups in total. The van der Waals surface area contributed by atoms with Crippen molar-refractivity contribution in [1.82, 2.24) is 0 Å². The van der Waals surface area contributed by atoms with Crippen molar-refractivity contribution >= 4 is 11.6 Å². The molecule has 1 amide bonds. The van der Waals surface area contributed by atoms with E-state index in [-0.39, 0.29) is 17.6 Å². The molecule has 0 aromatic heterocycles. The lowest BCUT2D eigenvalue weighted by molar-refractivity contribution is -0.125. The second-order valence-electron chi connectivity index (χ2n) is 6.27. The largest absolute Gasteiger partial charge is 0.371 e. The van der Waals surface area contributed by atoms with E-state index in [2.05, 4.69) is 12.2 Å². The number of rotatable bonds is 3. The van der Waals surface area contributed by atoms with Gasteiger partial charge < -0.3 is 11.1 Å². The maximum absolute atomic E-state index is 13.5. The van der Waals surface area contributed by atoms with E-state index >= 15 is 0 Å². The molecule has 4 heteroatoms. The summed E-state index contributed by atoms with van der Waals surface area (Å²) in [6.07, 6.45) is 2.74. The highest BCUT2D eigenvalue weighted by Crippen LogP contribution is 2.39. The molecular formula is C16H23FN2O. The molecule has 3 atom stereocenters. The Balaban J connectivity index is 2.35. The van der Waals surface area contributed by atoms with E-state index in [1.54, 1.807) is 0 Å². The zero-order valence-corrected chi connectivity index (χ0v) is 12.4. The van der Waals surface area contributed by atoms with Crippen molar-refractivity contribution in [2.24, 2.45) is 17.6 Å². The highest BCUT2D eigenvalue weighted by atomic mass is 19.1. The molecule has 3 unspecified atom stereocenters. The molecule has 1 fully saturated rings. The Bertz CT molecular complexity index is 497. The van der Waals surface area contributed by atoms with Crippen LogP contribution in [0.25, 0.3) is 0 Å². The zero-order chi connectivity index (χ0) is 14.9. The van der Waals surface area contributed by atoms with Crippen LogP contribution in [0.3, 0.4) is 0 Å². The van der Waals surface area contributed by atoms with Crippen LogP contribution in [0.1, 0.15) is 38.7 Å². The Morgan fingerprint density at radius 2 is 2.05 bits per heavy atom. The molecule has 0 spiro atoms. The minimum atomic E-state index is -0.780. The normalized spacial score (nSPS) is 30.0. The molecule has 1 aliphatic rings. The van der Waals surface area contributed by atoms with E-state index in [9.17, 15) is 9.18 Å². The summed E-state index contributed by atoms with van der Waals surface area (Å²) in [6, 6.07) is 4.73. The van der Waals surface area contributed by atoms with Crippen LogP contribution in [0.5, 0.6) is 0 Å². The van der Waals surface area contributed by atoms with Crippen LogP contribution in [0, 0.1) is 24.6 Å². The number of amides is 1. The fraction of sp³-hybridized carbons (Fsp3) is 0.562. The predicted octanol–water partition coefficient (Wildman–Crippen LogP) is 3.23. The van der Waals surface area contributed by atoms with Gasteiger partial charge in [-0.15, -0.1) is 0 Å². The van der Waals surface area contributed by atoms with E-state index in [1.807, 2.05) is 19.9 Å². The second kappa shape index (κ2) is 5.43. The summed E-state index contributed by atoms with van der Waals surface area (Å²) < 4.78 is 13.5. The number of anilines is 1. The molecule has 1 saturated carbocycles. The quantitative estimate of drug-likeness (QED) is 0.892. The maximum atomic E-state index is 13.5. The van der Waals surface area contributed by atoms with Crippen LogP contribution in [0.4, 0.5) is 10.1 Å². The predicted molar refractivity (Wildman–Crippen MR) is 78.9 cm³/mol. The summed E-state index contributed by atoms with van der Waals surface area (Å²) in [4.78, 5) is 12.1. The minimum absolute atomic E-state index is 0.139. The number of hydrogen-bond acceptors (Lipinski definition) is 2. The molecule has 1 aromatic rings. The topological polar surface area (TPSA) is 55.1 Å². The first-order chi connectivity index (χ1) is 9.33. The molecule has 20 heavy (non-hydrogen) atoms. The Labute approximate surface area is 119 Å². The molecule has 0 heterocycles. The van der Waals surface area contributed by atoms with Gasteiger partial charge in [-0.1, -0.05) is 20.3 Å². The number of carbonyl (C=O) groups is 1. The standard InChI is InChI=1S/C16H23FN2O/c1-10-4-5-12(3)16(9-10,15(18)20)19-14-7-11(2)6-13(17)8-14/h6-8,10,12,19H,4-5,9H2,1-3H3,(H2,18,20). The van der Waals surface area contributed by atoms with Crippen LogP contribution in [-0.4, -0.2) is 11.4 Å². The Morgan fingerprint density at radius 3 is 2.65 bits per heavy atom. The van der Waals surface area contributed by atoms with Gasteiger partial charge in [-0.05, 0) is 55.4 Å². The monoisotopic (exact) mass is 278 g/mol. The van der Waals surface area contributed by atoms with Crippen LogP contribution in [0.2, 0.25) is 0 Å². The molecule has 0 radical (unpaired) electrons. The summed E-state index contributed by atoms with van der Waals surface area (Å²) >= 11 is 0. The van der Waals surface area contributed by atoms with Gasteiger partial charge in [0.2, 0.25) is 5.91 Å². The summed E-state index contributed by atoms with van der Waals surface area (Å²) in [5.41, 5.74) is 6.35. The first kappa shape index (κ1) is 14.8. The van der Waals surface area contributed by atoms with Gasteiger partial charge >= 0.3 is 0 Å². The summed E-state index contributed by atoms with van der Waals surface area (Å²) in [6.45, 7) is 6.00. The van der Waals surface area contributed by atoms with E-state index in [4.69, 9.17) is 5.73 Å². The van der Waals surface area contributed by atoms with Crippen molar-refractivity contribution in [2.75, 3.05) is 5.32 Å². The van der Waals surface area contributed by atoms with Crippen molar-refractivity contribution in [3.8, 4) is 0 Å². The van der Waals surface area contributed by atoms with Gasteiger partial charge in [0, 0.05) is 5.69 Å². The molecule has 0 saturated heterocycles. The van der Waals surface area contributed by atoms with Crippen molar-refractivity contribution in [3.05, 3.63) is 29.6 Å². The van der Waals surface area contributed by atoms with Gasteiger partial charge in [0.05, 0.1) is 0 Å². The smallest absolute Gasteiger partial charge is 0.243 e. The van der Waals surface area contributed by atoms with E-state index in [0.717, 1.165) is 18.4 Å². The SMILES string of the molecule is Cc1cc(F)cc(NC2(C(N)=O)CC(C)CCC2C)c1. The molecule has 3 nitrogen and oxygen atoms in total. The number of aryl methyl sites for hydroxylation is 1. The summed E-state index contributed by atoms with van der Waals surface area (Å²) in [5.74, 6) is -0.0808. The lowest BCUT2D eigenvalue weighted by Crippen LogP contribution is -2.57. The van der Waals surface area contributed by atoms with Crippen molar-refractivity contribution < 1.29 is 9.18 Å². The van der Waals surface area contributed by atoms with Crippen molar-refractivity contribution in [3.63, 3.8) is 0 Å². The number of benzene rings is 1. The van der Waals surface area contributed by atoms with Crippen LogP contribution in [-0.2, 0) is 4.79 Å². The third kappa shape index (κ3) is 2.79. The number of nitrogens with two attached hydrogens (primary N) is 1. The molecule has 1 aliphatic carbocycles. The number of carbonyl (C=O) groups excluding carboxylic acids is 1. The number of primary amides is 1. The van der Waals surface area contributed by atoms with Crippen LogP contribution >= 0.6 is 0 Å². The molecular weight excluding hydrogens is 255 g/mol. The fourth-order valence-electron chi connectivity index (χ4n) is 3.28. The Hall–Kier alpha value is -1.58. The average molecular weight is 278 g/mol. The zero-order valence-electron chi connectivity index (χ0n) is 12.4. The number of halogens is 1. The molecule has 0 bridgehead atoms. The van der Waals surface area contributed by atoms with Gasteiger partial charge in [-0.25, -0.2) is 4.39 Å².